The van der Waals surface area contributed by atoms with Gasteiger partial charge in [-0.1, -0.05) is 29.5 Å². The van der Waals surface area contributed by atoms with Crippen LogP contribution in [0.15, 0.2) is 46.5 Å². The Kier molecular flexibility index (Phi) is 3.67. The van der Waals surface area contributed by atoms with Crippen molar-refractivity contribution >= 4 is 17.7 Å². The molecule has 0 spiro atoms. The van der Waals surface area contributed by atoms with Crippen molar-refractivity contribution < 1.29 is 9.90 Å². The van der Waals surface area contributed by atoms with Gasteiger partial charge in [0.15, 0.2) is 0 Å². The van der Waals surface area contributed by atoms with Crippen molar-refractivity contribution in [1.29, 1.82) is 0 Å². The number of aromatic carboxylic acids is 1. The fourth-order valence-electron chi connectivity index (χ4n) is 1.66. The maximum Gasteiger partial charge on any atom is 0.338 e. The first kappa shape index (κ1) is 12.6. The summed E-state index contributed by atoms with van der Waals surface area (Å²) in [7, 11) is 0. The Morgan fingerprint density at radius 2 is 2.00 bits per heavy atom. The lowest BCUT2D eigenvalue weighted by Crippen LogP contribution is -1.99. The van der Waals surface area contributed by atoms with Crippen molar-refractivity contribution in [3.05, 3.63) is 53.3 Å². The number of aromatic nitrogens is 1. The zero-order valence-electron chi connectivity index (χ0n) is 10.2. The van der Waals surface area contributed by atoms with Crippen LogP contribution in [-0.2, 0) is 0 Å². The van der Waals surface area contributed by atoms with E-state index in [1.165, 1.54) is 23.5 Å². The van der Waals surface area contributed by atoms with Gasteiger partial charge >= 0.3 is 5.97 Å². The lowest BCUT2D eigenvalue weighted by Gasteiger charge is -2.08. The SMILES string of the molecule is Cc1ccc(Sc2ccncc2C(=O)O)c(C)c1. The van der Waals surface area contributed by atoms with Gasteiger partial charge in [0.2, 0.25) is 0 Å². The second-order valence-corrected chi connectivity index (χ2v) is 5.13. The van der Waals surface area contributed by atoms with Gasteiger partial charge in [-0.2, -0.15) is 0 Å². The van der Waals surface area contributed by atoms with Crippen molar-refractivity contribution in [2.45, 2.75) is 23.6 Å². The number of pyridine rings is 1. The number of hydrogen-bond donors (Lipinski definition) is 1. The standard InChI is InChI=1S/C14H13NO2S/c1-9-3-4-12(10(2)7-9)18-13-5-6-15-8-11(13)14(16)17/h3-8H,1-2H3,(H,16,17). The van der Waals surface area contributed by atoms with Crippen molar-refractivity contribution in [3.8, 4) is 0 Å². The van der Waals surface area contributed by atoms with Crippen LogP contribution < -0.4 is 0 Å². The van der Waals surface area contributed by atoms with E-state index in [4.69, 9.17) is 5.11 Å². The van der Waals surface area contributed by atoms with Crippen molar-refractivity contribution in [2.75, 3.05) is 0 Å². The van der Waals surface area contributed by atoms with Crippen LogP contribution in [-0.4, -0.2) is 16.1 Å². The topological polar surface area (TPSA) is 50.2 Å². The van der Waals surface area contributed by atoms with E-state index in [-0.39, 0.29) is 5.56 Å². The fourth-order valence-corrected chi connectivity index (χ4v) is 2.64. The van der Waals surface area contributed by atoms with Gasteiger partial charge in [0.25, 0.3) is 0 Å². The normalized spacial score (nSPS) is 10.3. The quantitative estimate of drug-likeness (QED) is 0.915. The predicted octanol–water partition coefficient (Wildman–Crippen LogP) is 3.55. The highest BCUT2D eigenvalue weighted by Crippen LogP contribution is 2.32. The van der Waals surface area contributed by atoms with E-state index in [0.717, 1.165) is 10.5 Å². The molecule has 0 unspecified atom stereocenters. The van der Waals surface area contributed by atoms with Crippen LogP contribution in [0.4, 0.5) is 0 Å². The van der Waals surface area contributed by atoms with E-state index in [1.807, 2.05) is 26.0 Å². The van der Waals surface area contributed by atoms with E-state index in [2.05, 4.69) is 11.1 Å². The van der Waals surface area contributed by atoms with E-state index in [0.29, 0.717) is 4.90 Å². The average Bonchev–Trinajstić information content (AvgIpc) is 2.33. The second-order valence-electron chi connectivity index (χ2n) is 4.05. The molecule has 0 radical (unpaired) electrons. The maximum atomic E-state index is 11.1. The maximum absolute atomic E-state index is 11.1. The third-order valence-corrected chi connectivity index (χ3v) is 3.82. The van der Waals surface area contributed by atoms with Gasteiger partial charge in [-0.15, -0.1) is 0 Å². The number of benzene rings is 1. The van der Waals surface area contributed by atoms with Gasteiger partial charge in [0, 0.05) is 22.2 Å². The molecule has 92 valence electrons. The molecule has 1 aromatic carbocycles. The molecule has 0 bridgehead atoms. The van der Waals surface area contributed by atoms with Gasteiger partial charge < -0.3 is 5.11 Å². The molecule has 0 aliphatic heterocycles. The number of rotatable bonds is 3. The summed E-state index contributed by atoms with van der Waals surface area (Å²) in [5.41, 5.74) is 2.58. The molecule has 2 rings (SSSR count). The first-order valence-corrected chi connectivity index (χ1v) is 6.32. The molecule has 2 aromatic rings. The summed E-state index contributed by atoms with van der Waals surface area (Å²) < 4.78 is 0. The van der Waals surface area contributed by atoms with Gasteiger partial charge in [-0.3, -0.25) is 4.98 Å². The molecule has 0 saturated carbocycles. The average molecular weight is 259 g/mol. The molecular formula is C14H13NO2S. The Morgan fingerprint density at radius 1 is 1.22 bits per heavy atom. The van der Waals surface area contributed by atoms with E-state index in [9.17, 15) is 4.79 Å². The van der Waals surface area contributed by atoms with Crippen LogP contribution in [0.1, 0.15) is 21.5 Å². The van der Waals surface area contributed by atoms with Gasteiger partial charge in [0.1, 0.15) is 0 Å². The highest BCUT2D eigenvalue weighted by Gasteiger charge is 2.11. The number of aryl methyl sites for hydroxylation is 2. The molecule has 1 heterocycles. The molecule has 0 saturated heterocycles. The molecule has 0 atom stereocenters. The molecule has 3 nitrogen and oxygen atoms in total. The largest absolute Gasteiger partial charge is 0.478 e. The van der Waals surface area contributed by atoms with Crippen LogP contribution in [0.25, 0.3) is 0 Å². The monoisotopic (exact) mass is 259 g/mol. The molecule has 0 aliphatic carbocycles. The lowest BCUT2D eigenvalue weighted by molar-refractivity contribution is 0.0692. The molecule has 0 fully saturated rings. The smallest absolute Gasteiger partial charge is 0.338 e. The molecule has 1 N–H and O–H groups in total. The predicted molar refractivity (Wildman–Crippen MR) is 71.2 cm³/mol. The minimum Gasteiger partial charge on any atom is -0.478 e. The zero-order valence-corrected chi connectivity index (χ0v) is 11.0. The molecule has 0 amide bonds. The van der Waals surface area contributed by atoms with Crippen molar-refractivity contribution in [3.63, 3.8) is 0 Å². The number of carbonyl (C=O) groups is 1. The van der Waals surface area contributed by atoms with Crippen molar-refractivity contribution in [2.24, 2.45) is 0 Å². The Balaban J connectivity index is 2.37. The minimum absolute atomic E-state index is 0.238. The summed E-state index contributed by atoms with van der Waals surface area (Å²) in [6.45, 7) is 4.06. The summed E-state index contributed by atoms with van der Waals surface area (Å²) >= 11 is 1.46. The van der Waals surface area contributed by atoms with E-state index in [1.54, 1.807) is 12.3 Å². The number of nitrogens with zero attached hydrogens (tertiary/aromatic N) is 1. The van der Waals surface area contributed by atoms with E-state index >= 15 is 0 Å². The van der Waals surface area contributed by atoms with Gasteiger partial charge in [0.05, 0.1) is 5.56 Å². The Bertz CT molecular complexity index is 596. The third-order valence-electron chi connectivity index (χ3n) is 2.56. The lowest BCUT2D eigenvalue weighted by atomic mass is 10.2. The van der Waals surface area contributed by atoms with Crippen LogP contribution in [0.5, 0.6) is 0 Å². The van der Waals surface area contributed by atoms with E-state index < -0.39 is 5.97 Å². The third kappa shape index (κ3) is 2.71. The molecule has 4 heteroatoms. The van der Waals surface area contributed by atoms with Crippen molar-refractivity contribution in [1.82, 2.24) is 4.98 Å². The van der Waals surface area contributed by atoms with Gasteiger partial charge in [-0.25, -0.2) is 4.79 Å². The zero-order chi connectivity index (χ0) is 13.1. The summed E-state index contributed by atoms with van der Waals surface area (Å²) in [6, 6.07) is 7.86. The molecular weight excluding hydrogens is 246 g/mol. The fraction of sp³-hybridized carbons (Fsp3) is 0.143. The highest BCUT2D eigenvalue weighted by molar-refractivity contribution is 7.99. The highest BCUT2D eigenvalue weighted by atomic mass is 32.2. The number of carboxylic acids is 1. The summed E-state index contributed by atoms with van der Waals surface area (Å²) in [4.78, 5) is 16.7. The van der Waals surface area contributed by atoms with Crippen LogP contribution >= 0.6 is 11.8 Å². The summed E-state index contributed by atoms with van der Waals surface area (Å²) in [5, 5.41) is 9.10. The van der Waals surface area contributed by atoms with Crippen LogP contribution in [0.3, 0.4) is 0 Å². The molecule has 18 heavy (non-hydrogen) atoms. The first-order chi connectivity index (χ1) is 8.58. The Morgan fingerprint density at radius 3 is 2.67 bits per heavy atom. The van der Waals surface area contributed by atoms with Gasteiger partial charge in [-0.05, 0) is 31.5 Å². The molecule has 1 aromatic heterocycles. The van der Waals surface area contributed by atoms with Crippen LogP contribution in [0.2, 0.25) is 0 Å². The number of hydrogen-bond acceptors (Lipinski definition) is 3. The summed E-state index contributed by atoms with van der Waals surface area (Å²) in [6.07, 6.45) is 2.99. The first-order valence-electron chi connectivity index (χ1n) is 5.50. The Labute approximate surface area is 110 Å². The summed E-state index contributed by atoms with van der Waals surface area (Å²) in [5.74, 6) is -0.949. The number of carboxylic acid groups (broad SMARTS) is 1. The second kappa shape index (κ2) is 5.23. The Hall–Kier alpha value is -1.81. The molecule has 0 aliphatic rings. The van der Waals surface area contributed by atoms with Crippen LogP contribution in [0, 0.1) is 13.8 Å². The minimum atomic E-state index is -0.949.